The third kappa shape index (κ3) is 4.30. The molecule has 1 aliphatic heterocycles. The Morgan fingerprint density at radius 3 is 2.82 bits per heavy atom. The fourth-order valence-corrected chi connectivity index (χ4v) is 1.96. The van der Waals surface area contributed by atoms with Gasteiger partial charge in [0.25, 0.3) is 0 Å². The molecule has 90 valence electrons. The number of amidine groups is 1. The second-order valence-electron chi connectivity index (χ2n) is 4.06. The van der Waals surface area contributed by atoms with Crippen molar-refractivity contribution in [3.05, 3.63) is 34.3 Å². The molecule has 0 spiro atoms. The van der Waals surface area contributed by atoms with Crippen molar-refractivity contribution >= 4 is 28.0 Å². The molecule has 2 rings (SSSR count). The maximum absolute atomic E-state index is 4.45. The summed E-state index contributed by atoms with van der Waals surface area (Å²) in [7, 11) is 0. The number of hydrazone groups is 1. The summed E-state index contributed by atoms with van der Waals surface area (Å²) in [4.78, 5) is 4.45. The van der Waals surface area contributed by atoms with Crippen LogP contribution in [0.25, 0.3) is 0 Å². The second-order valence-corrected chi connectivity index (χ2v) is 4.98. The average molecular weight is 294 g/mol. The first kappa shape index (κ1) is 12.3. The highest BCUT2D eigenvalue weighted by Crippen LogP contribution is 2.09. The molecule has 0 unspecified atom stereocenters. The van der Waals surface area contributed by atoms with Gasteiger partial charge in [-0.05, 0) is 30.5 Å². The summed E-state index contributed by atoms with van der Waals surface area (Å²) in [6.45, 7) is 0.927. The van der Waals surface area contributed by atoms with Gasteiger partial charge in [0.1, 0.15) is 5.84 Å². The highest BCUT2D eigenvalue weighted by Gasteiger charge is 2.01. The van der Waals surface area contributed by atoms with Crippen molar-refractivity contribution in [2.45, 2.75) is 25.7 Å². The van der Waals surface area contributed by atoms with E-state index in [4.69, 9.17) is 0 Å². The number of halogens is 1. The van der Waals surface area contributed by atoms with Crippen molar-refractivity contribution < 1.29 is 0 Å². The SMILES string of the molecule is Brc1ccc(C=NNC2=NCCCCC2)cc1. The van der Waals surface area contributed by atoms with Gasteiger partial charge in [0, 0.05) is 17.4 Å². The van der Waals surface area contributed by atoms with E-state index in [0.29, 0.717) is 0 Å². The molecule has 0 saturated heterocycles. The molecule has 4 heteroatoms. The van der Waals surface area contributed by atoms with Gasteiger partial charge in [0.2, 0.25) is 0 Å². The van der Waals surface area contributed by atoms with Crippen LogP contribution in [0.4, 0.5) is 0 Å². The summed E-state index contributed by atoms with van der Waals surface area (Å²) in [5, 5.41) is 4.22. The zero-order valence-corrected chi connectivity index (χ0v) is 11.3. The Bertz CT molecular complexity index is 409. The largest absolute Gasteiger partial charge is 0.271 e. The standard InChI is InChI=1S/C13H16BrN3/c14-12-7-5-11(6-8-12)10-16-17-13-4-2-1-3-9-15-13/h5-8,10H,1-4,9H2,(H,15,17). The molecule has 0 bridgehead atoms. The minimum absolute atomic E-state index is 0.927. The first-order chi connectivity index (χ1) is 8.34. The van der Waals surface area contributed by atoms with E-state index >= 15 is 0 Å². The number of hydrogen-bond acceptors (Lipinski definition) is 3. The topological polar surface area (TPSA) is 36.8 Å². The molecule has 1 aromatic rings. The van der Waals surface area contributed by atoms with Gasteiger partial charge in [-0.25, -0.2) is 0 Å². The van der Waals surface area contributed by atoms with E-state index in [2.05, 4.69) is 31.4 Å². The molecule has 1 heterocycles. The van der Waals surface area contributed by atoms with Crippen molar-refractivity contribution in [2.24, 2.45) is 10.1 Å². The van der Waals surface area contributed by atoms with Gasteiger partial charge in [-0.1, -0.05) is 34.5 Å². The predicted molar refractivity (Wildman–Crippen MR) is 75.6 cm³/mol. The summed E-state index contributed by atoms with van der Waals surface area (Å²) in [6.07, 6.45) is 6.50. The van der Waals surface area contributed by atoms with Gasteiger partial charge >= 0.3 is 0 Å². The first-order valence-electron chi connectivity index (χ1n) is 5.92. The van der Waals surface area contributed by atoms with E-state index in [0.717, 1.165) is 28.8 Å². The van der Waals surface area contributed by atoms with E-state index < -0.39 is 0 Å². The highest BCUT2D eigenvalue weighted by molar-refractivity contribution is 9.10. The summed E-state index contributed by atoms with van der Waals surface area (Å²) in [6, 6.07) is 8.05. The Hall–Kier alpha value is -1.16. The molecular weight excluding hydrogens is 278 g/mol. The quantitative estimate of drug-likeness (QED) is 0.659. The Balaban J connectivity index is 1.88. The molecule has 0 atom stereocenters. The van der Waals surface area contributed by atoms with E-state index in [1.54, 1.807) is 0 Å². The molecule has 1 N–H and O–H groups in total. The summed E-state index contributed by atoms with van der Waals surface area (Å²) in [5.74, 6) is 1.01. The number of rotatable bonds is 2. The van der Waals surface area contributed by atoms with Crippen LogP contribution >= 0.6 is 15.9 Å². The Morgan fingerprint density at radius 2 is 2.00 bits per heavy atom. The van der Waals surface area contributed by atoms with Crippen LogP contribution in [0.15, 0.2) is 38.8 Å². The number of nitrogens with one attached hydrogen (secondary N) is 1. The average Bonchev–Trinajstić information content (AvgIpc) is 2.60. The molecular formula is C13H16BrN3. The lowest BCUT2D eigenvalue weighted by Gasteiger charge is -2.01. The van der Waals surface area contributed by atoms with Crippen LogP contribution < -0.4 is 5.43 Å². The van der Waals surface area contributed by atoms with E-state index in [9.17, 15) is 0 Å². The lowest BCUT2D eigenvalue weighted by Crippen LogP contribution is -2.17. The fourth-order valence-electron chi connectivity index (χ4n) is 1.70. The third-order valence-corrected chi connectivity index (χ3v) is 3.18. The van der Waals surface area contributed by atoms with Crippen LogP contribution in [0, 0.1) is 0 Å². The lowest BCUT2D eigenvalue weighted by atomic mass is 10.2. The van der Waals surface area contributed by atoms with Crippen LogP contribution in [-0.4, -0.2) is 18.6 Å². The molecule has 0 fully saturated rings. The summed E-state index contributed by atoms with van der Waals surface area (Å²) >= 11 is 3.41. The second kappa shape index (κ2) is 6.55. The maximum Gasteiger partial charge on any atom is 0.117 e. The fraction of sp³-hybridized carbons (Fsp3) is 0.385. The number of aliphatic imine (C=N–C) groups is 1. The smallest absolute Gasteiger partial charge is 0.117 e. The van der Waals surface area contributed by atoms with Gasteiger partial charge in [-0.15, -0.1) is 0 Å². The van der Waals surface area contributed by atoms with Crippen molar-refractivity contribution in [1.82, 2.24) is 5.43 Å². The van der Waals surface area contributed by atoms with Crippen LogP contribution in [0.5, 0.6) is 0 Å². The van der Waals surface area contributed by atoms with Gasteiger partial charge < -0.3 is 0 Å². The molecule has 0 aromatic heterocycles. The van der Waals surface area contributed by atoms with Crippen molar-refractivity contribution in [3.8, 4) is 0 Å². The Kier molecular flexibility index (Phi) is 4.74. The van der Waals surface area contributed by atoms with Crippen LogP contribution in [0.2, 0.25) is 0 Å². The van der Waals surface area contributed by atoms with Gasteiger partial charge in [0.05, 0.1) is 6.21 Å². The van der Waals surface area contributed by atoms with Gasteiger partial charge in [-0.3, -0.25) is 10.4 Å². The van der Waals surface area contributed by atoms with Crippen molar-refractivity contribution in [3.63, 3.8) is 0 Å². The van der Waals surface area contributed by atoms with Crippen LogP contribution in [-0.2, 0) is 0 Å². The third-order valence-electron chi connectivity index (χ3n) is 2.65. The van der Waals surface area contributed by atoms with Crippen LogP contribution in [0.3, 0.4) is 0 Å². The molecule has 0 radical (unpaired) electrons. The zero-order chi connectivity index (χ0) is 11.9. The minimum Gasteiger partial charge on any atom is -0.271 e. The normalized spacial score (nSPS) is 16.6. The molecule has 0 saturated carbocycles. The first-order valence-corrected chi connectivity index (χ1v) is 6.72. The minimum atomic E-state index is 0.927. The van der Waals surface area contributed by atoms with E-state index in [1.807, 2.05) is 30.5 Å². The molecule has 1 aromatic carbocycles. The molecule has 17 heavy (non-hydrogen) atoms. The Labute approximate surface area is 110 Å². The predicted octanol–water partition coefficient (Wildman–Crippen LogP) is 3.35. The number of nitrogens with zero attached hydrogens (tertiary/aromatic N) is 2. The van der Waals surface area contributed by atoms with Crippen molar-refractivity contribution in [2.75, 3.05) is 6.54 Å². The highest BCUT2D eigenvalue weighted by atomic mass is 79.9. The van der Waals surface area contributed by atoms with Crippen LogP contribution in [0.1, 0.15) is 31.2 Å². The summed E-state index contributed by atoms with van der Waals surface area (Å²) < 4.78 is 1.08. The van der Waals surface area contributed by atoms with Gasteiger partial charge in [0.15, 0.2) is 0 Å². The zero-order valence-electron chi connectivity index (χ0n) is 9.69. The monoisotopic (exact) mass is 293 g/mol. The summed E-state index contributed by atoms with van der Waals surface area (Å²) in [5.41, 5.74) is 4.11. The Morgan fingerprint density at radius 1 is 1.18 bits per heavy atom. The molecule has 1 aliphatic rings. The van der Waals surface area contributed by atoms with E-state index in [-0.39, 0.29) is 0 Å². The number of hydrogen-bond donors (Lipinski definition) is 1. The molecule has 3 nitrogen and oxygen atoms in total. The number of benzene rings is 1. The van der Waals surface area contributed by atoms with Gasteiger partial charge in [-0.2, -0.15) is 5.10 Å². The lowest BCUT2D eigenvalue weighted by molar-refractivity contribution is 0.729. The molecule has 0 amide bonds. The van der Waals surface area contributed by atoms with Crippen molar-refractivity contribution in [1.29, 1.82) is 0 Å². The molecule has 0 aliphatic carbocycles. The van der Waals surface area contributed by atoms with E-state index in [1.165, 1.54) is 19.3 Å². The maximum atomic E-state index is 4.45.